The molecule has 0 atom stereocenters. The average Bonchev–Trinajstić information content (AvgIpc) is 3.63. The topological polar surface area (TPSA) is 98.1 Å². The van der Waals surface area contributed by atoms with Crippen LogP contribution in [0, 0.1) is 11.2 Å². The van der Waals surface area contributed by atoms with Crippen molar-refractivity contribution in [3.05, 3.63) is 97.2 Å². The maximum absolute atomic E-state index is 13.2. The minimum Gasteiger partial charge on any atom is -0.457 e. The molecule has 2 aromatic heterocycles. The quantitative estimate of drug-likeness (QED) is 0.205. The number of nitrogens with one attached hydrogen (secondary N) is 2. The van der Waals surface area contributed by atoms with Crippen LogP contribution in [0.5, 0.6) is 11.5 Å². The first-order valence-corrected chi connectivity index (χ1v) is 13.7. The van der Waals surface area contributed by atoms with Gasteiger partial charge in [0.15, 0.2) is 0 Å². The Morgan fingerprint density at radius 1 is 0.881 bits per heavy atom. The Labute approximate surface area is 242 Å². The van der Waals surface area contributed by atoms with E-state index in [1.54, 1.807) is 30.5 Å². The number of rotatable bonds is 7. The Morgan fingerprint density at radius 2 is 1.52 bits per heavy atom. The molecule has 212 valence electrons. The normalized spacial score (nSPS) is 13.9. The lowest BCUT2D eigenvalue weighted by Gasteiger charge is -2.18. The van der Waals surface area contributed by atoms with Gasteiger partial charge in [-0.25, -0.2) is 4.39 Å². The number of aromatic nitrogens is 3. The number of nitrogens with zero attached hydrogens (tertiary/aromatic N) is 3. The Hall–Kier alpha value is -5.05. The van der Waals surface area contributed by atoms with Gasteiger partial charge >= 0.3 is 0 Å². The summed E-state index contributed by atoms with van der Waals surface area (Å²) in [6.45, 7) is 6.32. The number of fused-ring (bicyclic) bond motifs is 1. The minimum atomic E-state index is -1.14. The zero-order valence-electron chi connectivity index (χ0n) is 23.5. The lowest BCUT2D eigenvalue weighted by atomic mass is 10.0. The van der Waals surface area contributed by atoms with Crippen molar-refractivity contribution in [1.82, 2.24) is 14.8 Å². The number of halogens is 1. The van der Waals surface area contributed by atoms with Crippen molar-refractivity contribution in [3.8, 4) is 22.6 Å². The first kappa shape index (κ1) is 27.1. The number of carbonyl (C=O) groups is 2. The van der Waals surface area contributed by atoms with Crippen LogP contribution in [0.4, 0.5) is 15.8 Å². The van der Waals surface area contributed by atoms with Gasteiger partial charge < -0.3 is 15.4 Å². The smallest absolute Gasteiger partial charge is 0.240 e. The fourth-order valence-corrected chi connectivity index (χ4v) is 4.68. The molecule has 42 heavy (non-hydrogen) atoms. The van der Waals surface area contributed by atoms with E-state index < -0.39 is 17.1 Å². The molecule has 0 radical (unpaired) electrons. The van der Waals surface area contributed by atoms with Gasteiger partial charge in [0.2, 0.25) is 11.8 Å². The molecule has 1 aliphatic rings. The van der Waals surface area contributed by atoms with E-state index in [1.165, 1.54) is 24.3 Å². The summed E-state index contributed by atoms with van der Waals surface area (Å²) in [4.78, 5) is 30.4. The molecule has 5 aromatic rings. The highest BCUT2D eigenvalue weighted by atomic mass is 19.1. The number of anilines is 2. The third-order valence-corrected chi connectivity index (χ3v) is 7.37. The molecule has 0 aliphatic heterocycles. The van der Waals surface area contributed by atoms with E-state index in [0.29, 0.717) is 35.7 Å². The molecule has 9 heteroatoms. The first-order valence-electron chi connectivity index (χ1n) is 13.7. The largest absolute Gasteiger partial charge is 0.457 e. The fourth-order valence-electron chi connectivity index (χ4n) is 4.68. The van der Waals surface area contributed by atoms with Crippen molar-refractivity contribution in [2.24, 2.45) is 5.41 Å². The number of carbonyl (C=O) groups excluding carboxylic acids is 2. The van der Waals surface area contributed by atoms with E-state index in [4.69, 9.17) is 4.74 Å². The number of hydrogen-bond donors (Lipinski definition) is 2. The van der Waals surface area contributed by atoms with Gasteiger partial charge in [-0.3, -0.25) is 19.3 Å². The van der Waals surface area contributed by atoms with Gasteiger partial charge in [-0.15, -0.1) is 0 Å². The molecular weight excluding hydrogens is 533 g/mol. The molecule has 2 N–H and O–H groups in total. The molecule has 6 rings (SSSR count). The van der Waals surface area contributed by atoms with Gasteiger partial charge in [0.05, 0.1) is 17.3 Å². The maximum Gasteiger partial charge on any atom is 0.240 e. The van der Waals surface area contributed by atoms with Crippen LogP contribution in [0.25, 0.3) is 22.0 Å². The summed E-state index contributed by atoms with van der Waals surface area (Å²) < 4.78 is 21.3. The van der Waals surface area contributed by atoms with E-state index in [1.807, 2.05) is 41.3 Å². The zero-order chi connectivity index (χ0) is 29.5. The first-order chi connectivity index (χ1) is 20.1. The van der Waals surface area contributed by atoms with Gasteiger partial charge in [0.1, 0.15) is 22.7 Å². The Bertz CT molecular complexity index is 1790. The second-order valence-electron chi connectivity index (χ2n) is 11.5. The van der Waals surface area contributed by atoms with Gasteiger partial charge in [0, 0.05) is 34.7 Å². The van der Waals surface area contributed by atoms with Crippen LogP contribution in [0.1, 0.15) is 33.6 Å². The summed E-state index contributed by atoms with van der Waals surface area (Å²) in [5.74, 6) is 0.0717. The molecular formula is C33H30FN5O3. The maximum atomic E-state index is 13.2. The van der Waals surface area contributed by atoms with Crippen molar-refractivity contribution >= 4 is 34.1 Å². The average molecular weight is 564 g/mol. The van der Waals surface area contributed by atoms with Crippen LogP contribution in [-0.4, -0.2) is 26.6 Å². The molecule has 2 amide bonds. The van der Waals surface area contributed by atoms with E-state index >= 15 is 0 Å². The summed E-state index contributed by atoms with van der Waals surface area (Å²) >= 11 is 0. The van der Waals surface area contributed by atoms with Crippen molar-refractivity contribution in [3.63, 3.8) is 0 Å². The number of amides is 2. The lowest BCUT2D eigenvalue weighted by molar-refractivity contribution is -0.131. The third kappa shape index (κ3) is 5.45. The molecule has 2 heterocycles. The van der Waals surface area contributed by atoms with E-state index in [0.717, 1.165) is 22.0 Å². The van der Waals surface area contributed by atoms with Crippen LogP contribution in [-0.2, 0) is 15.1 Å². The Morgan fingerprint density at radius 3 is 2.12 bits per heavy atom. The second kappa shape index (κ2) is 10.4. The molecule has 0 bridgehead atoms. The molecule has 0 spiro atoms. The summed E-state index contributed by atoms with van der Waals surface area (Å²) in [6.07, 6.45) is 6.49. The number of benzene rings is 3. The van der Waals surface area contributed by atoms with Crippen LogP contribution in [0.15, 0.2) is 91.4 Å². The van der Waals surface area contributed by atoms with Crippen molar-refractivity contribution in [2.75, 3.05) is 10.6 Å². The number of hydrogen-bond acceptors (Lipinski definition) is 5. The summed E-state index contributed by atoms with van der Waals surface area (Å²) in [5.41, 5.74) is 2.58. The van der Waals surface area contributed by atoms with Crippen LogP contribution >= 0.6 is 0 Å². The molecule has 1 aliphatic carbocycles. The van der Waals surface area contributed by atoms with Crippen LogP contribution < -0.4 is 15.4 Å². The highest BCUT2D eigenvalue weighted by Gasteiger charge is 2.56. The van der Waals surface area contributed by atoms with Gasteiger partial charge in [-0.1, -0.05) is 6.07 Å². The second-order valence-corrected chi connectivity index (χ2v) is 11.5. The summed E-state index contributed by atoms with van der Waals surface area (Å²) in [5, 5.41) is 10.9. The number of ether oxygens (including phenoxy) is 1. The molecule has 0 unspecified atom stereocenters. The fraction of sp³-hybridized carbons (Fsp3) is 0.212. The van der Waals surface area contributed by atoms with Crippen molar-refractivity contribution in [1.29, 1.82) is 0 Å². The van der Waals surface area contributed by atoms with Crippen LogP contribution in [0.3, 0.4) is 0 Å². The standard InChI is InChI=1S/C33H30FN5O3/c1-32(2,3)39-20-22(19-36-39)21-4-13-27-28(18-21)35-17-14-29(27)42-26-11-9-25(10-12-26)38-31(41)33(15-16-33)30(40)37-24-7-5-23(34)6-8-24/h4-14,17-20H,15-16H2,1-3H3,(H,37,40)(H,38,41). The van der Waals surface area contributed by atoms with Crippen LogP contribution in [0.2, 0.25) is 0 Å². The molecule has 8 nitrogen and oxygen atoms in total. The Balaban J connectivity index is 1.13. The predicted octanol–water partition coefficient (Wildman–Crippen LogP) is 7.14. The third-order valence-electron chi connectivity index (χ3n) is 7.37. The van der Waals surface area contributed by atoms with E-state index in [9.17, 15) is 14.0 Å². The van der Waals surface area contributed by atoms with E-state index in [2.05, 4.69) is 41.5 Å². The van der Waals surface area contributed by atoms with Crippen molar-refractivity contribution in [2.45, 2.75) is 39.2 Å². The molecule has 0 saturated heterocycles. The summed E-state index contributed by atoms with van der Waals surface area (Å²) in [6, 6.07) is 20.3. The minimum absolute atomic E-state index is 0.105. The molecule has 1 saturated carbocycles. The zero-order valence-corrected chi connectivity index (χ0v) is 23.5. The molecule has 1 fully saturated rings. The van der Waals surface area contributed by atoms with Gasteiger partial charge in [0.25, 0.3) is 0 Å². The summed E-state index contributed by atoms with van der Waals surface area (Å²) in [7, 11) is 0. The highest BCUT2D eigenvalue weighted by Crippen LogP contribution is 2.47. The highest BCUT2D eigenvalue weighted by molar-refractivity contribution is 6.16. The Kier molecular flexibility index (Phi) is 6.73. The van der Waals surface area contributed by atoms with Crippen molar-refractivity contribution < 1.29 is 18.7 Å². The predicted molar refractivity (Wildman–Crippen MR) is 160 cm³/mol. The molecule has 3 aromatic carbocycles. The van der Waals surface area contributed by atoms with Gasteiger partial charge in [-0.05, 0) is 106 Å². The SMILES string of the molecule is CC(C)(C)n1cc(-c2ccc3c(Oc4ccc(NC(=O)C5(C(=O)Nc6ccc(F)cc6)CC5)cc4)ccnc3c2)cn1. The monoisotopic (exact) mass is 563 g/mol. The lowest BCUT2D eigenvalue weighted by Crippen LogP contribution is -2.35. The van der Waals surface area contributed by atoms with Gasteiger partial charge in [-0.2, -0.15) is 5.10 Å². The van der Waals surface area contributed by atoms with E-state index in [-0.39, 0.29) is 11.4 Å². The number of pyridine rings is 1.